The van der Waals surface area contributed by atoms with Gasteiger partial charge < -0.3 is 10.4 Å². The van der Waals surface area contributed by atoms with E-state index in [1.165, 1.54) is 0 Å². The summed E-state index contributed by atoms with van der Waals surface area (Å²) in [7, 11) is 0. The monoisotopic (exact) mass is 309 g/mol. The number of alkyl halides is 3. The van der Waals surface area contributed by atoms with Gasteiger partial charge in [0.05, 0.1) is 5.92 Å². The smallest absolute Gasteiger partial charge is 0.391 e. The molecule has 0 aliphatic heterocycles. The minimum Gasteiger partial charge on any atom is -0.481 e. The maximum Gasteiger partial charge on any atom is 0.391 e. The first-order valence-electron chi connectivity index (χ1n) is 7.12. The predicted octanol–water partition coefficient (Wildman–Crippen LogP) is 3.11. The SMILES string of the molecule is CC(C)(CCC(=O)O)NC(=O)C1CCC(C(F)(F)F)CC1. The van der Waals surface area contributed by atoms with E-state index in [2.05, 4.69) is 5.32 Å². The van der Waals surface area contributed by atoms with E-state index >= 15 is 0 Å². The third kappa shape index (κ3) is 5.93. The van der Waals surface area contributed by atoms with E-state index in [1.54, 1.807) is 13.8 Å². The summed E-state index contributed by atoms with van der Waals surface area (Å²) in [5.41, 5.74) is -0.670. The molecule has 122 valence electrons. The third-order valence-electron chi connectivity index (χ3n) is 3.99. The van der Waals surface area contributed by atoms with Gasteiger partial charge in [-0.25, -0.2) is 0 Å². The van der Waals surface area contributed by atoms with E-state index in [4.69, 9.17) is 5.11 Å². The molecule has 1 amide bonds. The lowest BCUT2D eigenvalue weighted by Crippen LogP contribution is -2.47. The van der Waals surface area contributed by atoms with Crippen LogP contribution in [0, 0.1) is 11.8 Å². The Kier molecular flexibility index (Phi) is 5.64. The third-order valence-corrected chi connectivity index (χ3v) is 3.99. The first-order valence-corrected chi connectivity index (χ1v) is 7.12. The van der Waals surface area contributed by atoms with Crippen molar-refractivity contribution in [2.75, 3.05) is 0 Å². The fraction of sp³-hybridized carbons (Fsp3) is 0.857. The molecule has 0 aromatic carbocycles. The van der Waals surface area contributed by atoms with Gasteiger partial charge in [-0.3, -0.25) is 9.59 Å². The predicted molar refractivity (Wildman–Crippen MR) is 70.6 cm³/mol. The van der Waals surface area contributed by atoms with Crippen molar-refractivity contribution in [3.63, 3.8) is 0 Å². The molecule has 0 aromatic heterocycles. The van der Waals surface area contributed by atoms with E-state index in [1.807, 2.05) is 0 Å². The second-order valence-corrected chi connectivity index (χ2v) is 6.36. The number of carboxylic acid groups (broad SMARTS) is 1. The Bertz CT molecular complexity index is 385. The first-order chi connectivity index (χ1) is 9.51. The van der Waals surface area contributed by atoms with Crippen LogP contribution in [0.4, 0.5) is 13.2 Å². The van der Waals surface area contributed by atoms with E-state index < -0.39 is 29.5 Å². The number of rotatable bonds is 5. The zero-order chi connectivity index (χ0) is 16.3. The van der Waals surface area contributed by atoms with Crippen LogP contribution in [-0.4, -0.2) is 28.7 Å². The number of hydrogen-bond acceptors (Lipinski definition) is 2. The number of hydrogen-bond donors (Lipinski definition) is 2. The van der Waals surface area contributed by atoms with Crippen LogP contribution in [-0.2, 0) is 9.59 Å². The fourth-order valence-electron chi connectivity index (χ4n) is 2.60. The standard InChI is InChI=1S/C14H22F3NO3/c1-13(2,8-7-11(19)20)18-12(21)9-3-5-10(6-4-9)14(15,16)17/h9-10H,3-8H2,1-2H3,(H,18,21)(H,19,20). The Morgan fingerprint density at radius 1 is 1.14 bits per heavy atom. The van der Waals surface area contributed by atoms with Crippen molar-refractivity contribution in [1.82, 2.24) is 5.32 Å². The van der Waals surface area contributed by atoms with Crippen LogP contribution < -0.4 is 5.32 Å². The molecule has 21 heavy (non-hydrogen) atoms. The highest BCUT2D eigenvalue weighted by atomic mass is 19.4. The van der Waals surface area contributed by atoms with Gasteiger partial charge in [-0.2, -0.15) is 13.2 Å². The van der Waals surface area contributed by atoms with Crippen molar-refractivity contribution >= 4 is 11.9 Å². The Balaban J connectivity index is 2.45. The highest BCUT2D eigenvalue weighted by Crippen LogP contribution is 2.39. The molecular formula is C14H22F3NO3. The summed E-state index contributed by atoms with van der Waals surface area (Å²) in [5.74, 6) is -2.93. The molecule has 0 spiro atoms. The van der Waals surface area contributed by atoms with Gasteiger partial charge in [-0.1, -0.05) is 0 Å². The molecule has 0 radical (unpaired) electrons. The molecule has 0 unspecified atom stereocenters. The Morgan fingerprint density at radius 2 is 1.67 bits per heavy atom. The minimum atomic E-state index is -4.18. The van der Waals surface area contributed by atoms with Gasteiger partial charge in [0.2, 0.25) is 5.91 Å². The number of amides is 1. The molecule has 0 atom stereocenters. The summed E-state index contributed by atoms with van der Waals surface area (Å²) in [4.78, 5) is 22.6. The molecule has 0 bridgehead atoms. The first kappa shape index (κ1) is 17.8. The van der Waals surface area contributed by atoms with Crippen LogP contribution >= 0.6 is 0 Å². The maximum atomic E-state index is 12.6. The van der Waals surface area contributed by atoms with Crippen molar-refractivity contribution in [1.29, 1.82) is 0 Å². The lowest BCUT2D eigenvalue weighted by Gasteiger charge is -2.32. The van der Waals surface area contributed by atoms with Gasteiger partial charge in [0.1, 0.15) is 0 Å². The summed E-state index contributed by atoms with van der Waals surface area (Å²) in [5, 5.41) is 11.4. The highest BCUT2D eigenvalue weighted by molar-refractivity contribution is 5.79. The topological polar surface area (TPSA) is 66.4 Å². The Hall–Kier alpha value is -1.27. The zero-order valence-corrected chi connectivity index (χ0v) is 12.3. The lowest BCUT2D eigenvalue weighted by atomic mass is 9.81. The van der Waals surface area contributed by atoms with Crippen LogP contribution in [0.5, 0.6) is 0 Å². The van der Waals surface area contributed by atoms with Gasteiger partial charge in [-0.15, -0.1) is 0 Å². The molecule has 1 aliphatic rings. The summed E-state index contributed by atoms with van der Waals surface area (Å²) >= 11 is 0. The van der Waals surface area contributed by atoms with Gasteiger partial charge in [0, 0.05) is 17.9 Å². The molecule has 1 aliphatic carbocycles. The second kappa shape index (κ2) is 6.66. The van der Waals surface area contributed by atoms with Crippen molar-refractivity contribution in [2.45, 2.75) is 64.1 Å². The summed E-state index contributed by atoms with van der Waals surface area (Å²) < 4.78 is 37.7. The number of nitrogens with one attached hydrogen (secondary N) is 1. The molecule has 1 fully saturated rings. The van der Waals surface area contributed by atoms with E-state index in [0.717, 1.165) is 0 Å². The molecule has 0 aromatic rings. The van der Waals surface area contributed by atoms with Crippen LogP contribution in [0.15, 0.2) is 0 Å². The Labute approximate surface area is 122 Å². The highest BCUT2D eigenvalue weighted by Gasteiger charge is 2.42. The number of carboxylic acids is 1. The second-order valence-electron chi connectivity index (χ2n) is 6.36. The molecule has 2 N–H and O–H groups in total. The largest absolute Gasteiger partial charge is 0.481 e. The lowest BCUT2D eigenvalue weighted by molar-refractivity contribution is -0.184. The van der Waals surface area contributed by atoms with Gasteiger partial charge in [0.25, 0.3) is 0 Å². The molecule has 1 saturated carbocycles. The van der Waals surface area contributed by atoms with Crippen LogP contribution in [0.1, 0.15) is 52.4 Å². The summed E-state index contributed by atoms with van der Waals surface area (Å²) in [6.07, 6.45) is -3.54. The molecule has 4 nitrogen and oxygen atoms in total. The quantitative estimate of drug-likeness (QED) is 0.820. The van der Waals surface area contributed by atoms with Crippen LogP contribution in [0.2, 0.25) is 0 Å². The average Bonchev–Trinajstić information content (AvgIpc) is 2.35. The Morgan fingerprint density at radius 3 is 2.10 bits per heavy atom. The van der Waals surface area contributed by atoms with E-state index in [9.17, 15) is 22.8 Å². The maximum absolute atomic E-state index is 12.6. The van der Waals surface area contributed by atoms with Crippen molar-refractivity contribution < 1.29 is 27.9 Å². The summed E-state index contributed by atoms with van der Waals surface area (Å²) in [6.45, 7) is 3.43. The fourth-order valence-corrected chi connectivity index (χ4v) is 2.60. The number of halogens is 3. The molecule has 0 saturated heterocycles. The van der Waals surface area contributed by atoms with E-state index in [0.29, 0.717) is 0 Å². The minimum absolute atomic E-state index is 0.0167. The van der Waals surface area contributed by atoms with Gasteiger partial charge in [0.15, 0.2) is 0 Å². The van der Waals surface area contributed by atoms with Gasteiger partial charge in [-0.05, 0) is 46.0 Å². The zero-order valence-electron chi connectivity index (χ0n) is 12.3. The average molecular weight is 309 g/mol. The number of carbonyl (C=O) groups excluding carboxylic acids is 1. The molecular weight excluding hydrogens is 287 g/mol. The van der Waals surface area contributed by atoms with Gasteiger partial charge >= 0.3 is 12.1 Å². The molecule has 7 heteroatoms. The normalized spacial score (nSPS) is 23.7. The van der Waals surface area contributed by atoms with Crippen LogP contribution in [0.3, 0.4) is 0 Å². The number of carbonyl (C=O) groups is 2. The van der Waals surface area contributed by atoms with Crippen molar-refractivity contribution in [3.8, 4) is 0 Å². The number of aliphatic carboxylic acids is 1. The van der Waals surface area contributed by atoms with E-state index in [-0.39, 0.29) is 44.4 Å². The van der Waals surface area contributed by atoms with Crippen molar-refractivity contribution in [3.05, 3.63) is 0 Å². The molecule has 0 heterocycles. The van der Waals surface area contributed by atoms with Crippen LogP contribution in [0.25, 0.3) is 0 Å². The summed E-state index contributed by atoms with van der Waals surface area (Å²) in [6, 6.07) is 0. The van der Waals surface area contributed by atoms with Crippen molar-refractivity contribution in [2.24, 2.45) is 11.8 Å². The molecule has 1 rings (SSSR count).